The van der Waals surface area contributed by atoms with Gasteiger partial charge in [-0.2, -0.15) is 0 Å². The molecule has 2 aliphatic heterocycles. The zero-order chi connectivity index (χ0) is 19.2. The molecule has 2 heterocycles. The number of carbonyl (C=O) groups is 2. The molecule has 7 heteroatoms. The number of likely N-dealkylation sites (tertiary alicyclic amines) is 1. The Labute approximate surface area is 161 Å². The van der Waals surface area contributed by atoms with Crippen LogP contribution in [0.5, 0.6) is 5.75 Å². The number of rotatable bonds is 6. The minimum atomic E-state index is -0.118. The molecule has 0 unspecified atom stereocenters. The Morgan fingerprint density at radius 3 is 2.89 bits per heavy atom. The topological polar surface area (TPSA) is 65.1 Å². The molecule has 27 heavy (non-hydrogen) atoms. The zero-order valence-corrected chi connectivity index (χ0v) is 16.3. The summed E-state index contributed by atoms with van der Waals surface area (Å²) >= 11 is 0. The van der Waals surface area contributed by atoms with Gasteiger partial charge in [-0.3, -0.25) is 4.79 Å². The summed E-state index contributed by atoms with van der Waals surface area (Å²) in [4.78, 5) is 30.8. The maximum absolute atomic E-state index is 12.5. The molecule has 1 atom stereocenters. The normalized spacial score (nSPS) is 20.8. The first-order valence-corrected chi connectivity index (χ1v) is 9.77. The van der Waals surface area contributed by atoms with Gasteiger partial charge in [-0.25, -0.2) is 4.79 Å². The van der Waals surface area contributed by atoms with Crippen molar-refractivity contribution in [1.29, 1.82) is 0 Å². The fourth-order valence-corrected chi connectivity index (χ4v) is 3.78. The van der Waals surface area contributed by atoms with Crippen LogP contribution < -0.4 is 10.1 Å². The second kappa shape index (κ2) is 9.08. The first kappa shape index (κ1) is 19.5. The Hall–Kier alpha value is -2.28. The van der Waals surface area contributed by atoms with E-state index in [1.165, 1.54) is 0 Å². The number of piperazine rings is 1. The quantitative estimate of drug-likeness (QED) is 0.820. The lowest BCUT2D eigenvalue weighted by Gasteiger charge is -2.35. The summed E-state index contributed by atoms with van der Waals surface area (Å²) in [6.07, 6.45) is 2.11. The third kappa shape index (κ3) is 5.13. The Bertz CT molecular complexity index is 666. The largest absolute Gasteiger partial charge is 0.497 e. The van der Waals surface area contributed by atoms with Crippen LogP contribution in [-0.4, -0.2) is 79.1 Å². The maximum atomic E-state index is 12.5. The van der Waals surface area contributed by atoms with Crippen molar-refractivity contribution in [3.05, 3.63) is 29.8 Å². The highest BCUT2D eigenvalue weighted by molar-refractivity contribution is 5.85. The van der Waals surface area contributed by atoms with Crippen LogP contribution in [0.4, 0.5) is 4.79 Å². The van der Waals surface area contributed by atoms with Crippen LogP contribution in [0.15, 0.2) is 24.3 Å². The van der Waals surface area contributed by atoms with Gasteiger partial charge in [0, 0.05) is 38.8 Å². The molecule has 0 radical (unpaired) electrons. The molecular formula is C20H30N4O3. The lowest BCUT2D eigenvalue weighted by Crippen LogP contribution is -2.55. The van der Waals surface area contributed by atoms with E-state index in [1.807, 2.05) is 24.3 Å². The van der Waals surface area contributed by atoms with Crippen molar-refractivity contribution < 1.29 is 14.3 Å². The molecule has 0 aromatic heterocycles. The predicted molar refractivity (Wildman–Crippen MR) is 104 cm³/mol. The molecular weight excluding hydrogens is 344 g/mol. The number of hydrogen-bond acceptors (Lipinski definition) is 4. The van der Waals surface area contributed by atoms with Crippen molar-refractivity contribution in [2.45, 2.75) is 32.4 Å². The number of nitrogens with one attached hydrogen (secondary N) is 1. The van der Waals surface area contributed by atoms with E-state index in [2.05, 4.69) is 17.1 Å². The van der Waals surface area contributed by atoms with Gasteiger partial charge in [0.25, 0.3) is 0 Å². The minimum Gasteiger partial charge on any atom is -0.497 e. The van der Waals surface area contributed by atoms with Crippen molar-refractivity contribution in [1.82, 2.24) is 20.0 Å². The number of ether oxygens (including phenoxy) is 1. The number of urea groups is 1. The summed E-state index contributed by atoms with van der Waals surface area (Å²) in [7, 11) is 1.63. The lowest BCUT2D eigenvalue weighted by molar-refractivity contribution is -0.135. The summed E-state index contributed by atoms with van der Waals surface area (Å²) in [6, 6.07) is 7.80. The molecule has 1 aromatic rings. The third-order valence-corrected chi connectivity index (χ3v) is 5.25. The van der Waals surface area contributed by atoms with Gasteiger partial charge >= 0.3 is 6.03 Å². The summed E-state index contributed by atoms with van der Waals surface area (Å²) < 4.78 is 5.24. The molecule has 2 aliphatic rings. The van der Waals surface area contributed by atoms with E-state index in [9.17, 15) is 9.59 Å². The number of carbonyl (C=O) groups excluding carboxylic acids is 2. The highest BCUT2D eigenvalue weighted by Crippen LogP contribution is 2.16. The van der Waals surface area contributed by atoms with Gasteiger partial charge in [-0.05, 0) is 37.1 Å². The van der Waals surface area contributed by atoms with Crippen molar-refractivity contribution in [2.24, 2.45) is 0 Å². The van der Waals surface area contributed by atoms with E-state index >= 15 is 0 Å². The van der Waals surface area contributed by atoms with E-state index in [0.717, 1.165) is 43.8 Å². The predicted octanol–water partition coefficient (Wildman–Crippen LogP) is 1.53. The van der Waals surface area contributed by atoms with Gasteiger partial charge in [0.05, 0.1) is 7.11 Å². The fourth-order valence-electron chi connectivity index (χ4n) is 3.78. The Morgan fingerprint density at radius 1 is 1.30 bits per heavy atom. The number of amides is 3. The van der Waals surface area contributed by atoms with E-state index < -0.39 is 0 Å². The first-order chi connectivity index (χ1) is 13.1. The number of nitrogens with zero attached hydrogens (tertiary/aromatic N) is 3. The van der Waals surface area contributed by atoms with Gasteiger partial charge in [-0.15, -0.1) is 0 Å². The van der Waals surface area contributed by atoms with Crippen LogP contribution in [0.3, 0.4) is 0 Å². The molecule has 3 amide bonds. The van der Waals surface area contributed by atoms with E-state index in [4.69, 9.17) is 4.74 Å². The minimum absolute atomic E-state index is 0.0155. The van der Waals surface area contributed by atoms with Crippen LogP contribution in [-0.2, 0) is 11.3 Å². The van der Waals surface area contributed by atoms with Crippen molar-refractivity contribution >= 4 is 11.9 Å². The lowest BCUT2D eigenvalue weighted by atomic mass is 10.2. The molecule has 1 aromatic carbocycles. The smallest absolute Gasteiger partial charge is 0.318 e. The first-order valence-electron chi connectivity index (χ1n) is 9.77. The molecule has 0 spiro atoms. The highest BCUT2D eigenvalue weighted by Gasteiger charge is 2.30. The summed E-state index contributed by atoms with van der Waals surface area (Å²) in [5.41, 5.74) is 1.03. The van der Waals surface area contributed by atoms with Crippen LogP contribution in [0, 0.1) is 0 Å². The molecule has 3 rings (SSSR count). The van der Waals surface area contributed by atoms with Crippen molar-refractivity contribution in [3.8, 4) is 5.75 Å². The standard InChI is InChI=1S/C20H30N4O3/c1-3-8-22-9-7-17(14-22)21-20(26)24-11-10-23(19(25)15-24)13-16-5-4-6-18(12-16)27-2/h4-6,12,17H,3,7-11,13-15H2,1-2H3,(H,21,26)/t17-/m0/s1. The third-order valence-electron chi connectivity index (χ3n) is 5.25. The highest BCUT2D eigenvalue weighted by atomic mass is 16.5. The molecule has 148 valence electrons. The Kier molecular flexibility index (Phi) is 6.55. The van der Waals surface area contributed by atoms with Gasteiger partial charge < -0.3 is 24.8 Å². The maximum Gasteiger partial charge on any atom is 0.318 e. The summed E-state index contributed by atoms with van der Waals surface area (Å²) in [5, 5.41) is 3.10. The molecule has 0 bridgehead atoms. The monoisotopic (exact) mass is 374 g/mol. The number of methoxy groups -OCH3 is 1. The van der Waals surface area contributed by atoms with Crippen LogP contribution in [0.25, 0.3) is 0 Å². The van der Waals surface area contributed by atoms with E-state index in [0.29, 0.717) is 19.6 Å². The van der Waals surface area contributed by atoms with E-state index in [-0.39, 0.29) is 24.5 Å². The van der Waals surface area contributed by atoms with Gasteiger partial charge in [0.15, 0.2) is 0 Å². The second-order valence-electron chi connectivity index (χ2n) is 7.32. The molecule has 0 aliphatic carbocycles. The summed E-state index contributed by atoms with van der Waals surface area (Å²) in [5.74, 6) is 0.768. The molecule has 2 saturated heterocycles. The van der Waals surface area contributed by atoms with Crippen molar-refractivity contribution in [2.75, 3.05) is 46.4 Å². The van der Waals surface area contributed by atoms with Gasteiger partial charge in [0.2, 0.25) is 5.91 Å². The van der Waals surface area contributed by atoms with Gasteiger partial charge in [0.1, 0.15) is 12.3 Å². The molecule has 0 saturated carbocycles. The van der Waals surface area contributed by atoms with Gasteiger partial charge in [-0.1, -0.05) is 19.1 Å². The molecule has 7 nitrogen and oxygen atoms in total. The molecule has 2 fully saturated rings. The average molecular weight is 374 g/mol. The Morgan fingerprint density at radius 2 is 2.15 bits per heavy atom. The van der Waals surface area contributed by atoms with Crippen LogP contribution in [0.2, 0.25) is 0 Å². The fraction of sp³-hybridized carbons (Fsp3) is 0.600. The number of benzene rings is 1. The zero-order valence-electron chi connectivity index (χ0n) is 16.3. The second-order valence-corrected chi connectivity index (χ2v) is 7.32. The average Bonchev–Trinajstić information content (AvgIpc) is 3.10. The molecule has 1 N–H and O–H groups in total. The summed E-state index contributed by atoms with van der Waals surface area (Å²) in [6.45, 7) is 6.98. The Balaban J connectivity index is 1.48. The van der Waals surface area contributed by atoms with Crippen molar-refractivity contribution in [3.63, 3.8) is 0 Å². The SMILES string of the molecule is CCCN1CC[C@H](NC(=O)N2CCN(Cc3cccc(OC)c3)C(=O)C2)C1. The van der Waals surface area contributed by atoms with E-state index in [1.54, 1.807) is 16.9 Å². The number of hydrogen-bond donors (Lipinski definition) is 1. The van der Waals surface area contributed by atoms with Crippen LogP contribution >= 0.6 is 0 Å². The van der Waals surface area contributed by atoms with Crippen LogP contribution in [0.1, 0.15) is 25.3 Å².